The fourth-order valence-corrected chi connectivity index (χ4v) is 5.11. The first kappa shape index (κ1) is 19.1. The van der Waals surface area contributed by atoms with Crippen molar-refractivity contribution < 1.29 is 9.69 Å². The molecular formula is C23H28N3OS+. The molecule has 0 bridgehead atoms. The highest BCUT2D eigenvalue weighted by molar-refractivity contribution is 7.18. The van der Waals surface area contributed by atoms with Gasteiger partial charge in [0.25, 0.3) is 5.91 Å². The lowest BCUT2D eigenvalue weighted by molar-refractivity contribution is -0.897. The Hall–Kier alpha value is -2.24. The lowest BCUT2D eigenvalue weighted by Gasteiger charge is -2.28. The molecule has 28 heavy (non-hydrogen) atoms. The van der Waals surface area contributed by atoms with E-state index in [4.69, 9.17) is 4.98 Å². The van der Waals surface area contributed by atoms with Crippen LogP contribution >= 0.6 is 11.3 Å². The van der Waals surface area contributed by atoms with Crippen LogP contribution in [0.3, 0.4) is 0 Å². The predicted octanol–water partition coefficient (Wildman–Crippen LogP) is 2.98. The Morgan fingerprint density at radius 2 is 1.86 bits per heavy atom. The van der Waals surface area contributed by atoms with E-state index in [2.05, 4.69) is 48.6 Å². The highest BCUT2D eigenvalue weighted by atomic mass is 32.1. The summed E-state index contributed by atoms with van der Waals surface area (Å²) in [6, 6.07) is 18.7. The third-order valence-electron chi connectivity index (χ3n) is 5.74. The zero-order valence-corrected chi connectivity index (χ0v) is 17.2. The number of aromatic nitrogens is 1. The first-order valence-corrected chi connectivity index (χ1v) is 11.0. The number of hydrogen-bond donors (Lipinski definition) is 2. The number of hydrogen-bond acceptors (Lipinski definition) is 3. The zero-order valence-electron chi connectivity index (χ0n) is 16.4. The van der Waals surface area contributed by atoms with E-state index in [0.29, 0.717) is 24.9 Å². The Bertz CT molecular complexity index is 883. The number of carbonyl (C=O) groups is 1. The van der Waals surface area contributed by atoms with E-state index in [1.54, 1.807) is 0 Å². The number of piperidine rings is 1. The van der Waals surface area contributed by atoms with E-state index in [0.717, 1.165) is 31.4 Å². The second kappa shape index (κ2) is 8.84. The summed E-state index contributed by atoms with van der Waals surface area (Å²) >= 11 is 1.83. The number of nitrogens with one attached hydrogen (secondary N) is 2. The maximum atomic E-state index is 12.4. The summed E-state index contributed by atoms with van der Waals surface area (Å²) in [5.74, 6) is 1.04. The molecule has 1 amide bonds. The van der Waals surface area contributed by atoms with Crippen LogP contribution in [0.5, 0.6) is 0 Å². The van der Waals surface area contributed by atoms with E-state index in [9.17, 15) is 4.79 Å². The number of thiazole rings is 1. The van der Waals surface area contributed by atoms with Gasteiger partial charge in [-0.05, 0) is 23.6 Å². The number of quaternary nitrogens is 1. The van der Waals surface area contributed by atoms with Crippen LogP contribution in [0.1, 0.15) is 42.2 Å². The molecule has 0 saturated carbocycles. The Morgan fingerprint density at radius 3 is 2.61 bits per heavy atom. The van der Waals surface area contributed by atoms with Gasteiger partial charge in [0.15, 0.2) is 6.54 Å². The van der Waals surface area contributed by atoms with Crippen molar-refractivity contribution in [2.45, 2.75) is 31.6 Å². The Labute approximate surface area is 170 Å². The van der Waals surface area contributed by atoms with Crippen LogP contribution < -0.4 is 10.2 Å². The molecule has 4 rings (SSSR count). The number of carbonyl (C=O) groups excluding carboxylic acids is 1. The van der Waals surface area contributed by atoms with E-state index >= 15 is 0 Å². The third-order valence-corrected chi connectivity index (χ3v) is 6.94. The fourth-order valence-electron chi connectivity index (χ4n) is 3.97. The van der Waals surface area contributed by atoms with Gasteiger partial charge in [-0.25, -0.2) is 4.98 Å². The molecule has 2 aromatic carbocycles. The van der Waals surface area contributed by atoms with Crippen molar-refractivity contribution >= 4 is 27.5 Å². The van der Waals surface area contributed by atoms with Crippen LogP contribution in [0.2, 0.25) is 0 Å². The molecule has 2 N–H and O–H groups in total. The Morgan fingerprint density at radius 1 is 1.14 bits per heavy atom. The summed E-state index contributed by atoms with van der Waals surface area (Å²) in [5, 5.41) is 4.38. The molecule has 0 unspecified atom stereocenters. The van der Waals surface area contributed by atoms with Crippen molar-refractivity contribution in [3.05, 3.63) is 65.2 Å². The second-order valence-corrected chi connectivity index (χ2v) is 8.90. The zero-order chi connectivity index (χ0) is 19.3. The van der Waals surface area contributed by atoms with Crippen molar-refractivity contribution in [2.75, 3.05) is 26.2 Å². The first-order chi connectivity index (χ1) is 13.7. The average Bonchev–Trinajstić information content (AvgIpc) is 3.17. The van der Waals surface area contributed by atoms with Gasteiger partial charge in [0.1, 0.15) is 0 Å². The minimum Gasteiger partial charge on any atom is -0.351 e. The topological polar surface area (TPSA) is 46.4 Å². The largest absolute Gasteiger partial charge is 0.351 e. The minimum absolute atomic E-state index is 0.163. The Kier molecular flexibility index (Phi) is 6.03. The van der Waals surface area contributed by atoms with Gasteiger partial charge in [0.2, 0.25) is 0 Å². The van der Waals surface area contributed by atoms with Gasteiger partial charge >= 0.3 is 0 Å². The van der Waals surface area contributed by atoms with Gasteiger partial charge in [-0.1, -0.05) is 49.4 Å². The molecule has 1 aliphatic rings. The molecule has 0 spiro atoms. The van der Waals surface area contributed by atoms with Gasteiger partial charge in [-0.2, -0.15) is 0 Å². The summed E-state index contributed by atoms with van der Waals surface area (Å²) in [4.78, 5) is 18.6. The number of nitrogens with zero attached hydrogens (tertiary/aromatic N) is 1. The fraction of sp³-hybridized carbons (Fsp3) is 0.391. The lowest BCUT2D eigenvalue weighted by atomic mass is 9.97. The molecule has 1 aromatic heterocycles. The van der Waals surface area contributed by atoms with Crippen molar-refractivity contribution in [1.29, 1.82) is 0 Å². The van der Waals surface area contributed by atoms with Crippen LogP contribution in [0, 0.1) is 0 Å². The molecule has 1 atom stereocenters. The molecule has 2 heterocycles. The molecule has 3 aromatic rings. The minimum atomic E-state index is 0.163. The third kappa shape index (κ3) is 4.59. The number of rotatable bonds is 6. The number of para-hydroxylation sites is 1. The quantitative estimate of drug-likeness (QED) is 0.675. The van der Waals surface area contributed by atoms with Crippen molar-refractivity contribution in [1.82, 2.24) is 10.3 Å². The van der Waals surface area contributed by atoms with E-state index in [1.165, 1.54) is 20.2 Å². The van der Waals surface area contributed by atoms with Crippen LogP contribution in [0.15, 0.2) is 54.6 Å². The monoisotopic (exact) mass is 394 g/mol. The normalized spacial score (nSPS) is 20.8. The van der Waals surface area contributed by atoms with Gasteiger partial charge in [0, 0.05) is 25.3 Å². The van der Waals surface area contributed by atoms with E-state index < -0.39 is 0 Å². The first-order valence-electron chi connectivity index (χ1n) is 10.2. The summed E-state index contributed by atoms with van der Waals surface area (Å²) < 4.78 is 1.28. The summed E-state index contributed by atoms with van der Waals surface area (Å²) in [5.41, 5.74) is 2.39. The molecular weight excluding hydrogens is 366 g/mol. The maximum absolute atomic E-state index is 12.4. The highest BCUT2D eigenvalue weighted by Crippen LogP contribution is 2.31. The molecule has 146 valence electrons. The van der Waals surface area contributed by atoms with Crippen LogP contribution in [-0.4, -0.2) is 37.1 Å². The van der Waals surface area contributed by atoms with Crippen LogP contribution in [-0.2, 0) is 4.79 Å². The number of benzene rings is 2. The van der Waals surface area contributed by atoms with Crippen molar-refractivity contribution in [3.63, 3.8) is 0 Å². The molecule has 1 fully saturated rings. The molecule has 0 radical (unpaired) electrons. The standard InChI is InChI=1S/C23H27N3OS/c1-17(18-7-3-2-4-8-18)15-24-22(27)16-26-13-11-19(12-14-26)23-25-20-9-5-6-10-21(20)28-23/h2-10,17,19H,11-16H2,1H3,(H,24,27)/p+1/t17-/m1/s1. The van der Waals surface area contributed by atoms with Gasteiger partial charge in [-0.3, -0.25) is 4.79 Å². The van der Waals surface area contributed by atoms with E-state index in [1.807, 2.05) is 29.5 Å². The van der Waals surface area contributed by atoms with E-state index in [-0.39, 0.29) is 5.91 Å². The molecule has 0 aliphatic carbocycles. The second-order valence-electron chi connectivity index (χ2n) is 7.84. The SMILES string of the molecule is C[C@H](CNC(=O)C[NH+]1CCC(c2nc3ccccc3s2)CC1)c1ccccc1. The number of fused-ring (bicyclic) bond motifs is 1. The number of likely N-dealkylation sites (tertiary alicyclic amines) is 1. The average molecular weight is 395 g/mol. The van der Waals surface area contributed by atoms with Crippen molar-refractivity contribution in [2.24, 2.45) is 0 Å². The maximum Gasteiger partial charge on any atom is 0.275 e. The van der Waals surface area contributed by atoms with Crippen LogP contribution in [0.25, 0.3) is 10.2 Å². The smallest absolute Gasteiger partial charge is 0.275 e. The lowest BCUT2D eigenvalue weighted by Crippen LogP contribution is -3.14. The van der Waals surface area contributed by atoms with Gasteiger partial charge in [-0.15, -0.1) is 11.3 Å². The highest BCUT2D eigenvalue weighted by Gasteiger charge is 2.27. The predicted molar refractivity (Wildman–Crippen MR) is 115 cm³/mol. The van der Waals surface area contributed by atoms with Crippen LogP contribution in [0.4, 0.5) is 0 Å². The summed E-state index contributed by atoms with van der Waals surface area (Å²) in [6.07, 6.45) is 2.23. The molecule has 4 nitrogen and oxygen atoms in total. The van der Waals surface area contributed by atoms with Gasteiger partial charge in [0.05, 0.1) is 28.3 Å². The Balaban J connectivity index is 1.23. The summed E-state index contributed by atoms with van der Waals surface area (Å²) in [6.45, 7) is 5.52. The molecule has 1 aliphatic heterocycles. The summed E-state index contributed by atoms with van der Waals surface area (Å²) in [7, 11) is 0. The number of amides is 1. The van der Waals surface area contributed by atoms with Gasteiger partial charge < -0.3 is 10.2 Å². The molecule has 1 saturated heterocycles. The molecule has 5 heteroatoms. The van der Waals surface area contributed by atoms with Crippen molar-refractivity contribution in [3.8, 4) is 0 Å².